The lowest BCUT2D eigenvalue weighted by atomic mass is 9.79. The first kappa shape index (κ1) is 17.8. The van der Waals surface area contributed by atoms with Crippen LogP contribution in [0.25, 0.3) is 0 Å². The Morgan fingerprint density at radius 2 is 1.78 bits per heavy atom. The number of ether oxygens (including phenoxy) is 1. The number of hydrogen-bond donors (Lipinski definition) is 2. The van der Waals surface area contributed by atoms with Crippen LogP contribution in [0, 0.1) is 5.41 Å². The van der Waals surface area contributed by atoms with Gasteiger partial charge in [-0.25, -0.2) is 13.2 Å². The van der Waals surface area contributed by atoms with Crippen molar-refractivity contribution < 1.29 is 17.9 Å². The molecule has 2 amide bonds. The third-order valence-corrected chi connectivity index (χ3v) is 6.33. The summed E-state index contributed by atoms with van der Waals surface area (Å²) < 4.78 is 33.1. The van der Waals surface area contributed by atoms with Crippen LogP contribution in [-0.2, 0) is 14.8 Å². The summed E-state index contributed by atoms with van der Waals surface area (Å²) in [6.07, 6.45) is 0.982. The maximum atomic E-state index is 12.6. The molecule has 27 heavy (non-hydrogen) atoms. The number of anilines is 2. The number of urea groups is 1. The van der Waals surface area contributed by atoms with Crippen molar-refractivity contribution in [3.05, 3.63) is 54.6 Å². The van der Waals surface area contributed by atoms with Gasteiger partial charge in [0.15, 0.2) is 0 Å². The van der Waals surface area contributed by atoms with Gasteiger partial charge in [0.05, 0.1) is 11.5 Å². The molecule has 0 aliphatic carbocycles. The topological polar surface area (TPSA) is 87.7 Å². The molecule has 0 radical (unpaired) electrons. The van der Waals surface area contributed by atoms with Gasteiger partial charge in [-0.15, -0.1) is 0 Å². The molecule has 2 N–H and O–H groups in total. The molecule has 0 unspecified atom stereocenters. The van der Waals surface area contributed by atoms with Crippen LogP contribution in [0.3, 0.4) is 0 Å². The molecule has 1 spiro atoms. The molecule has 8 heteroatoms. The molecule has 4 rings (SSSR count). The van der Waals surface area contributed by atoms with E-state index in [9.17, 15) is 13.2 Å². The van der Waals surface area contributed by atoms with E-state index in [1.54, 1.807) is 41.3 Å². The van der Waals surface area contributed by atoms with Gasteiger partial charge in [-0.1, -0.05) is 24.3 Å². The van der Waals surface area contributed by atoms with E-state index in [0.717, 1.165) is 13.0 Å². The maximum absolute atomic E-state index is 12.6. The fourth-order valence-electron chi connectivity index (χ4n) is 3.47. The predicted molar refractivity (Wildman–Crippen MR) is 102 cm³/mol. The summed E-state index contributed by atoms with van der Waals surface area (Å²) in [7, 11) is -3.73. The van der Waals surface area contributed by atoms with Crippen molar-refractivity contribution in [3.8, 4) is 0 Å². The van der Waals surface area contributed by atoms with Gasteiger partial charge in [-0.2, -0.15) is 0 Å². The number of carbonyl (C=O) groups excluding carboxylic acids is 1. The Labute approximate surface area is 158 Å². The standard InChI is InChI=1S/C19H21N3O4S/c23-18(22-12-19(13-22)9-10-26-14-19)20-16-7-4-8-17(11-16)27(24,25)21-15-5-2-1-3-6-15/h1-8,11,21H,9-10,12-14H2,(H,20,23). The number of benzene rings is 2. The van der Waals surface area contributed by atoms with Crippen LogP contribution >= 0.6 is 0 Å². The molecular weight excluding hydrogens is 366 g/mol. The highest BCUT2D eigenvalue weighted by atomic mass is 32.2. The number of carbonyl (C=O) groups is 1. The van der Waals surface area contributed by atoms with Crippen molar-refractivity contribution in [1.82, 2.24) is 4.90 Å². The van der Waals surface area contributed by atoms with Gasteiger partial charge in [-0.05, 0) is 36.8 Å². The van der Waals surface area contributed by atoms with E-state index < -0.39 is 10.0 Å². The van der Waals surface area contributed by atoms with Crippen molar-refractivity contribution in [3.63, 3.8) is 0 Å². The van der Waals surface area contributed by atoms with Gasteiger partial charge < -0.3 is 15.0 Å². The van der Waals surface area contributed by atoms with Gasteiger partial charge in [0, 0.05) is 36.5 Å². The van der Waals surface area contributed by atoms with E-state index in [-0.39, 0.29) is 16.3 Å². The molecule has 2 aliphatic rings. The van der Waals surface area contributed by atoms with Crippen LogP contribution < -0.4 is 10.0 Å². The number of amides is 2. The fourth-order valence-corrected chi connectivity index (χ4v) is 4.57. The van der Waals surface area contributed by atoms with Crippen molar-refractivity contribution >= 4 is 27.4 Å². The Hall–Kier alpha value is -2.58. The van der Waals surface area contributed by atoms with Gasteiger partial charge in [0.25, 0.3) is 10.0 Å². The van der Waals surface area contributed by atoms with Crippen molar-refractivity contribution in [2.45, 2.75) is 11.3 Å². The second kappa shape index (κ2) is 6.86. The Kier molecular flexibility index (Phi) is 4.53. The lowest BCUT2D eigenvalue weighted by Gasteiger charge is -2.46. The van der Waals surface area contributed by atoms with Crippen LogP contribution in [0.2, 0.25) is 0 Å². The van der Waals surface area contributed by atoms with E-state index >= 15 is 0 Å². The molecule has 0 atom stereocenters. The SMILES string of the molecule is O=C(Nc1cccc(S(=O)(=O)Nc2ccccc2)c1)N1CC2(CCOC2)C1. The summed E-state index contributed by atoms with van der Waals surface area (Å²) in [4.78, 5) is 14.2. The highest BCUT2D eigenvalue weighted by molar-refractivity contribution is 7.92. The van der Waals surface area contributed by atoms with E-state index in [1.165, 1.54) is 12.1 Å². The summed E-state index contributed by atoms with van der Waals surface area (Å²) in [5.74, 6) is 0. The van der Waals surface area contributed by atoms with E-state index in [1.807, 2.05) is 6.07 Å². The van der Waals surface area contributed by atoms with Gasteiger partial charge in [-0.3, -0.25) is 4.72 Å². The first-order valence-corrected chi connectivity index (χ1v) is 10.3. The van der Waals surface area contributed by atoms with E-state index in [0.29, 0.717) is 31.1 Å². The minimum absolute atomic E-state index is 0.0911. The molecule has 0 saturated carbocycles. The molecule has 0 aromatic heterocycles. The van der Waals surface area contributed by atoms with Crippen molar-refractivity contribution in [2.24, 2.45) is 5.41 Å². The average molecular weight is 387 g/mol. The largest absolute Gasteiger partial charge is 0.381 e. The van der Waals surface area contributed by atoms with E-state index in [2.05, 4.69) is 10.0 Å². The monoisotopic (exact) mass is 387 g/mol. The molecule has 2 aromatic rings. The van der Waals surface area contributed by atoms with Gasteiger partial charge in [0.2, 0.25) is 0 Å². The van der Waals surface area contributed by atoms with Crippen LogP contribution in [0.1, 0.15) is 6.42 Å². The number of para-hydroxylation sites is 1. The average Bonchev–Trinajstić information content (AvgIpc) is 3.11. The number of hydrogen-bond acceptors (Lipinski definition) is 4. The maximum Gasteiger partial charge on any atom is 0.321 e. The van der Waals surface area contributed by atoms with Crippen LogP contribution in [0.5, 0.6) is 0 Å². The van der Waals surface area contributed by atoms with Gasteiger partial charge >= 0.3 is 6.03 Å². The molecule has 142 valence electrons. The number of likely N-dealkylation sites (tertiary alicyclic amines) is 1. The molecule has 2 aromatic carbocycles. The minimum Gasteiger partial charge on any atom is -0.381 e. The quantitative estimate of drug-likeness (QED) is 0.844. The summed E-state index contributed by atoms with van der Waals surface area (Å²) >= 11 is 0. The second-order valence-corrected chi connectivity index (χ2v) is 8.77. The Bertz CT molecular complexity index is 932. The summed E-state index contributed by atoms with van der Waals surface area (Å²) in [6.45, 7) is 2.80. The number of rotatable bonds is 4. The number of sulfonamides is 1. The third-order valence-electron chi connectivity index (χ3n) is 4.95. The summed E-state index contributed by atoms with van der Waals surface area (Å²) in [5, 5.41) is 2.78. The van der Waals surface area contributed by atoms with Crippen molar-refractivity contribution in [2.75, 3.05) is 36.3 Å². The zero-order valence-corrected chi connectivity index (χ0v) is 15.5. The number of nitrogens with one attached hydrogen (secondary N) is 2. The first-order chi connectivity index (χ1) is 13.0. The summed E-state index contributed by atoms with van der Waals surface area (Å²) in [6, 6.07) is 14.7. The van der Waals surface area contributed by atoms with Crippen molar-refractivity contribution in [1.29, 1.82) is 0 Å². The Morgan fingerprint density at radius 3 is 2.48 bits per heavy atom. The molecule has 2 aliphatic heterocycles. The zero-order chi connectivity index (χ0) is 18.9. The van der Waals surface area contributed by atoms with Crippen LogP contribution in [-0.4, -0.2) is 45.7 Å². The molecule has 0 bridgehead atoms. The predicted octanol–water partition coefficient (Wildman–Crippen LogP) is 2.74. The highest BCUT2D eigenvalue weighted by Gasteiger charge is 2.47. The lowest BCUT2D eigenvalue weighted by molar-refractivity contribution is 0.0255. The Balaban J connectivity index is 1.42. The summed E-state index contributed by atoms with van der Waals surface area (Å²) in [5.41, 5.74) is 1.04. The van der Waals surface area contributed by atoms with Crippen LogP contribution in [0.4, 0.5) is 16.2 Å². The van der Waals surface area contributed by atoms with E-state index in [4.69, 9.17) is 4.74 Å². The number of nitrogens with zero attached hydrogens (tertiary/aromatic N) is 1. The van der Waals surface area contributed by atoms with Crippen LogP contribution in [0.15, 0.2) is 59.5 Å². The lowest BCUT2D eigenvalue weighted by Crippen LogP contribution is -2.59. The smallest absolute Gasteiger partial charge is 0.321 e. The normalized spacial score (nSPS) is 18.1. The third kappa shape index (κ3) is 3.77. The fraction of sp³-hybridized carbons (Fsp3) is 0.316. The highest BCUT2D eigenvalue weighted by Crippen LogP contribution is 2.38. The zero-order valence-electron chi connectivity index (χ0n) is 14.7. The minimum atomic E-state index is -3.73. The Morgan fingerprint density at radius 1 is 1.04 bits per heavy atom. The first-order valence-electron chi connectivity index (χ1n) is 8.78. The molecule has 2 saturated heterocycles. The molecule has 2 heterocycles. The second-order valence-electron chi connectivity index (χ2n) is 7.09. The molecule has 7 nitrogen and oxygen atoms in total. The molecule has 2 fully saturated rings. The molecular formula is C19H21N3O4S. The van der Waals surface area contributed by atoms with Gasteiger partial charge in [0.1, 0.15) is 0 Å².